The lowest BCUT2D eigenvalue weighted by atomic mass is 9.76. The summed E-state index contributed by atoms with van der Waals surface area (Å²) < 4.78 is 31.1. The number of hydrogen-bond donors (Lipinski definition) is 10. The van der Waals surface area contributed by atoms with Gasteiger partial charge in [0.15, 0.2) is 18.4 Å². The Morgan fingerprint density at radius 2 is 1.85 bits per heavy atom. The molecule has 0 bridgehead atoms. The number of hydrogen-bond acceptors (Lipinski definition) is 16. The Morgan fingerprint density at radius 1 is 1.08 bits per heavy atom. The quantitative estimate of drug-likeness (QED) is 0.0219. The van der Waals surface area contributed by atoms with E-state index in [0.717, 1.165) is 76.3 Å². The number of aliphatic hydroxyl groups excluding tert-OH is 4. The van der Waals surface area contributed by atoms with Crippen molar-refractivity contribution in [2.24, 2.45) is 33.9 Å². The Kier molecular flexibility index (Phi) is 18.3. The number of rotatable bonds is 19. The number of aliphatic imine (C=N–C) groups is 1. The van der Waals surface area contributed by atoms with E-state index in [1.165, 1.54) is 12.5 Å². The minimum absolute atomic E-state index is 0.0786. The van der Waals surface area contributed by atoms with Crippen LogP contribution in [0, 0.1) is 23.2 Å². The summed E-state index contributed by atoms with van der Waals surface area (Å²) >= 11 is 0. The highest BCUT2D eigenvalue weighted by molar-refractivity contribution is 5.95. The molecule has 3 aliphatic carbocycles. The van der Waals surface area contributed by atoms with Crippen molar-refractivity contribution in [3.05, 3.63) is 58.7 Å². The van der Waals surface area contributed by atoms with Gasteiger partial charge < -0.3 is 80.7 Å². The van der Waals surface area contributed by atoms with Crippen molar-refractivity contribution in [2.45, 2.75) is 140 Å². The third kappa shape index (κ3) is 12.2. The van der Waals surface area contributed by atoms with Crippen molar-refractivity contribution in [3.8, 4) is 0 Å². The molecule has 3 saturated carbocycles. The molecule has 1 spiro atoms. The van der Waals surface area contributed by atoms with E-state index in [0.29, 0.717) is 24.3 Å². The normalized spacial score (nSPS) is 32.8. The van der Waals surface area contributed by atoms with Gasteiger partial charge in [0.05, 0.1) is 48.3 Å². The number of β-amino-alcohol motifs (C(OH)–C–C–N with tert-alkyl or cyclic N) is 1. The number of carbonyl (C=O) groups excluding carboxylic acids is 1. The van der Waals surface area contributed by atoms with Crippen LogP contribution < -0.4 is 16.4 Å². The van der Waals surface area contributed by atoms with Crippen LogP contribution in [0.15, 0.2) is 63.7 Å². The fourth-order valence-corrected chi connectivity index (χ4v) is 10.6. The number of carboxylic acids is 1. The molecule has 0 unspecified atom stereocenters. The van der Waals surface area contributed by atoms with Gasteiger partial charge in [-0.25, -0.2) is 9.59 Å². The number of carbonyl (C=O) groups is 2. The maximum absolute atomic E-state index is 14.7. The van der Waals surface area contributed by atoms with E-state index in [1.807, 2.05) is 13.1 Å². The van der Waals surface area contributed by atoms with E-state index in [9.17, 15) is 45.3 Å². The number of carboxylic acid groups (broad SMARTS) is 1. The van der Waals surface area contributed by atoms with Gasteiger partial charge in [-0.05, 0) is 109 Å². The first-order valence-electron chi connectivity index (χ1n) is 23.6. The van der Waals surface area contributed by atoms with Crippen LogP contribution in [0.25, 0.3) is 0 Å². The molecular weight excluding hydrogens is 859 g/mol. The molecule has 0 aromatic carbocycles. The zero-order valence-electron chi connectivity index (χ0n) is 38.6. The van der Waals surface area contributed by atoms with Gasteiger partial charge in [-0.15, -0.1) is 0 Å². The van der Waals surface area contributed by atoms with Gasteiger partial charge in [-0.3, -0.25) is 4.99 Å². The molecule has 11 N–H and O–H groups in total. The smallest absolute Gasteiger partial charge is 0.339 e. The number of ether oxygens (including phenoxy) is 5. The van der Waals surface area contributed by atoms with Gasteiger partial charge in [-0.1, -0.05) is 36.6 Å². The minimum Gasteiger partial charge on any atom is -0.478 e. The maximum atomic E-state index is 14.7. The zero-order valence-corrected chi connectivity index (χ0v) is 38.6. The lowest BCUT2D eigenvalue weighted by Gasteiger charge is -2.48. The van der Waals surface area contributed by atoms with E-state index < -0.39 is 73.2 Å². The average Bonchev–Trinajstić information content (AvgIpc) is 3.88. The maximum Gasteiger partial charge on any atom is 0.339 e. The van der Waals surface area contributed by atoms with E-state index in [1.54, 1.807) is 30.9 Å². The lowest BCUT2D eigenvalue weighted by Crippen LogP contribution is -2.69. The van der Waals surface area contributed by atoms with Crippen molar-refractivity contribution in [2.75, 3.05) is 53.0 Å². The molecule has 0 radical (unpaired) electrons. The summed E-state index contributed by atoms with van der Waals surface area (Å²) in [5.74, 6) is -6.05. The van der Waals surface area contributed by atoms with Crippen LogP contribution in [0.4, 0.5) is 0 Å². The second kappa shape index (κ2) is 23.4. The van der Waals surface area contributed by atoms with Crippen LogP contribution in [-0.4, -0.2) is 160 Å². The number of allylic oxidation sites excluding steroid dienone is 2. The molecule has 66 heavy (non-hydrogen) atoms. The van der Waals surface area contributed by atoms with Crippen LogP contribution in [-0.2, 0) is 33.3 Å². The van der Waals surface area contributed by atoms with Crippen molar-refractivity contribution < 1.29 is 69.0 Å². The van der Waals surface area contributed by atoms with E-state index >= 15 is 0 Å². The summed E-state index contributed by atoms with van der Waals surface area (Å²) in [4.78, 5) is 33.4. The molecule has 3 aliphatic heterocycles. The van der Waals surface area contributed by atoms with E-state index in [-0.39, 0.29) is 67.2 Å². The summed E-state index contributed by atoms with van der Waals surface area (Å²) in [5.41, 5.74) is 8.01. The van der Waals surface area contributed by atoms with E-state index in [4.69, 9.17) is 29.4 Å². The largest absolute Gasteiger partial charge is 0.478 e. The number of nitrogens with zero attached hydrogens (tertiary/aromatic N) is 2. The SMILES string of the molecule is CNC[C@H]1CCC[C@]12CC[C@@H](OC(=O)C1=CO[C@@H](O[C@@H]3O[C@H](CO)[C@@H](O)C(O)(O)[C@H]3OC(C)C)[C@H](C=C3CCCCC3)[C@@H]1/C=C/C1=C(NC(N)=NCCCO)C(C(=O)O)=CN(CCO)C1)C2. The first-order valence-corrected chi connectivity index (χ1v) is 23.6. The van der Waals surface area contributed by atoms with Gasteiger partial charge in [0, 0.05) is 38.4 Å². The Labute approximate surface area is 387 Å². The molecule has 6 aliphatic rings. The van der Waals surface area contributed by atoms with Crippen molar-refractivity contribution in [1.82, 2.24) is 15.5 Å². The Bertz CT molecular complexity index is 1860. The Hall–Kier alpha value is -3.89. The number of guanidine groups is 1. The molecule has 1 saturated heterocycles. The van der Waals surface area contributed by atoms with Crippen molar-refractivity contribution >= 4 is 17.9 Å². The lowest BCUT2D eigenvalue weighted by molar-refractivity contribution is -0.413. The summed E-state index contributed by atoms with van der Waals surface area (Å²) in [5, 5.41) is 79.5. The highest BCUT2D eigenvalue weighted by Crippen LogP contribution is 2.55. The molecule has 3 heterocycles. The predicted molar refractivity (Wildman–Crippen MR) is 240 cm³/mol. The molecule has 19 heteroatoms. The molecule has 0 amide bonds. The fourth-order valence-electron chi connectivity index (χ4n) is 10.6. The summed E-state index contributed by atoms with van der Waals surface area (Å²) in [6.45, 7) is 3.49. The molecule has 10 atom stereocenters. The van der Waals surface area contributed by atoms with Crippen LogP contribution in [0.1, 0.15) is 90.9 Å². The van der Waals surface area contributed by atoms with Gasteiger partial charge in [-0.2, -0.15) is 0 Å². The first kappa shape index (κ1) is 51.5. The summed E-state index contributed by atoms with van der Waals surface area (Å²) in [6, 6.07) is 0. The van der Waals surface area contributed by atoms with Gasteiger partial charge >= 0.3 is 11.9 Å². The number of nitrogens with one attached hydrogen (secondary N) is 2. The van der Waals surface area contributed by atoms with Gasteiger partial charge in [0.25, 0.3) is 0 Å². The number of nitrogens with two attached hydrogens (primary N) is 1. The summed E-state index contributed by atoms with van der Waals surface area (Å²) in [7, 11) is 1.96. The fraction of sp³-hybridized carbons (Fsp3) is 0.723. The topological polar surface area (TPSA) is 288 Å². The van der Waals surface area contributed by atoms with Gasteiger partial charge in [0.2, 0.25) is 12.1 Å². The van der Waals surface area contributed by atoms with E-state index in [2.05, 4.69) is 15.6 Å². The molecule has 370 valence electrons. The van der Waals surface area contributed by atoms with Crippen molar-refractivity contribution in [3.63, 3.8) is 0 Å². The second-order valence-corrected chi connectivity index (χ2v) is 18.8. The minimum atomic E-state index is -2.92. The molecule has 4 fully saturated rings. The summed E-state index contributed by atoms with van der Waals surface area (Å²) in [6.07, 6.45) is 9.77. The molecule has 6 rings (SSSR count). The standard InChI is InChI=1S/C47H73N5O14/c1-28(2)63-40-44(65-37(26-55)39(56)47(40,60)61)66-43-34(21-29-9-5-4-6-10-29)33(36(27-62-43)42(59)64-32-14-16-46(22-32)15-7-11-31(46)23-49-3)13-12-30-24-52(18-20-54)25-35(41(57)58)38(30)51-45(48)50-17-8-19-53/h12-13,21,25,27-28,31-34,37,39-40,43-44,49,53-56,60-61H,4-11,14-20,22-24,26H2,1-3H3,(H,57,58)(H3,48,50,51)/b13-12+/t31-,32-,33+,34-,37-,39-,40+,43+,44+,46-/m1/s1. The zero-order chi connectivity index (χ0) is 47.6. The molecule has 19 nitrogen and oxygen atoms in total. The monoisotopic (exact) mass is 932 g/mol. The Morgan fingerprint density at radius 3 is 2.53 bits per heavy atom. The van der Waals surface area contributed by atoms with Crippen LogP contribution in [0.5, 0.6) is 0 Å². The molecule has 0 aromatic heterocycles. The van der Waals surface area contributed by atoms with Gasteiger partial charge in [0.1, 0.15) is 18.3 Å². The van der Waals surface area contributed by atoms with Crippen LogP contribution >= 0.6 is 0 Å². The Balaban J connectivity index is 1.44. The third-order valence-corrected chi connectivity index (χ3v) is 13.9. The van der Waals surface area contributed by atoms with Crippen molar-refractivity contribution in [1.29, 1.82) is 0 Å². The third-order valence-electron chi connectivity index (χ3n) is 13.9. The average molecular weight is 932 g/mol. The molecular formula is C47H73N5O14. The number of aliphatic carboxylic acids is 1. The van der Waals surface area contributed by atoms with Crippen LogP contribution in [0.2, 0.25) is 0 Å². The number of esters is 1. The highest BCUT2D eigenvalue weighted by atomic mass is 16.8. The van der Waals surface area contributed by atoms with Crippen LogP contribution in [0.3, 0.4) is 0 Å². The first-order chi connectivity index (χ1) is 31.6. The highest BCUT2D eigenvalue weighted by Gasteiger charge is 2.58. The number of aliphatic hydroxyl groups is 6. The predicted octanol–water partition coefficient (Wildman–Crippen LogP) is 1.39. The molecule has 0 aromatic rings. The second-order valence-electron chi connectivity index (χ2n) is 18.8.